The molecule has 0 aliphatic rings. The Morgan fingerprint density at radius 3 is 1.62 bits per heavy atom. The van der Waals surface area contributed by atoms with Crippen LogP contribution in [0.5, 0.6) is 0 Å². The summed E-state index contributed by atoms with van der Waals surface area (Å²) in [5, 5.41) is 0.169. The second-order valence-corrected chi connectivity index (χ2v) is 12.5. The van der Waals surface area contributed by atoms with Crippen LogP contribution in [-0.2, 0) is 0 Å². The maximum absolute atomic E-state index is 10.0. The number of benzene rings is 10. The van der Waals surface area contributed by atoms with Crippen molar-refractivity contribution in [2.45, 2.75) is 0 Å². The summed E-state index contributed by atoms with van der Waals surface area (Å²) in [6, 6.07) is 8.90. The van der Waals surface area contributed by atoms with Crippen LogP contribution >= 0.6 is 0 Å². The van der Waals surface area contributed by atoms with Gasteiger partial charge in [-0.3, -0.25) is 0 Å². The van der Waals surface area contributed by atoms with Crippen LogP contribution in [0.1, 0.15) is 26.0 Å². The normalized spacial score (nSPS) is 16.8. The highest BCUT2D eigenvalue weighted by Gasteiger charge is 2.21. The summed E-state index contributed by atoms with van der Waals surface area (Å²) in [5.74, 6) is 0. The third kappa shape index (κ3) is 4.51. The van der Waals surface area contributed by atoms with Crippen molar-refractivity contribution in [2.75, 3.05) is 0 Å². The van der Waals surface area contributed by atoms with Crippen molar-refractivity contribution in [1.29, 1.82) is 0 Å². The van der Waals surface area contributed by atoms with E-state index in [1.807, 2.05) is 60.7 Å². The predicted molar refractivity (Wildman–Crippen MR) is 225 cm³/mol. The summed E-state index contributed by atoms with van der Waals surface area (Å²) in [4.78, 5) is 0. The second kappa shape index (κ2) is 11.8. The van der Waals surface area contributed by atoms with Crippen LogP contribution in [0, 0.1) is 0 Å². The lowest BCUT2D eigenvalue weighted by atomic mass is 9.83. The summed E-state index contributed by atoms with van der Waals surface area (Å²) >= 11 is 0. The van der Waals surface area contributed by atoms with E-state index in [0.717, 1.165) is 21.9 Å². The first-order valence-corrected chi connectivity index (χ1v) is 16.7. The van der Waals surface area contributed by atoms with Crippen molar-refractivity contribution < 1.29 is 30.5 Å². The van der Waals surface area contributed by atoms with Crippen LogP contribution in [0.2, 0.25) is 0 Å². The number of furan rings is 1. The predicted octanol–water partition coefficient (Wildman–Crippen LogP) is 14.9. The highest BCUT2D eigenvalue weighted by atomic mass is 16.3. The van der Waals surface area contributed by atoms with Gasteiger partial charge >= 0.3 is 0 Å². The Morgan fingerprint density at radius 2 is 0.868 bits per heavy atom. The molecule has 0 N–H and O–H groups in total. The summed E-state index contributed by atoms with van der Waals surface area (Å²) < 4.78 is 180. The van der Waals surface area contributed by atoms with Gasteiger partial charge in [0.15, 0.2) is 0 Å². The van der Waals surface area contributed by atoms with E-state index in [4.69, 9.17) is 19.5 Å². The molecule has 1 aromatic heterocycles. The summed E-state index contributed by atoms with van der Waals surface area (Å²) in [7, 11) is 0. The van der Waals surface area contributed by atoms with E-state index in [1.54, 1.807) is 18.2 Å². The molecule has 0 saturated carbocycles. The average molecular weight is 692 g/mol. The van der Waals surface area contributed by atoms with Crippen LogP contribution in [0.4, 0.5) is 0 Å². The SMILES string of the molecule is [2H]c1c([2H])c([2H])c(-c2c3c([2H])c([2H])c([2H])c([2H])c3c(-c3c([2H])c([2H])c(-c4cccc5c4oc4cccc(-c6cccc7ccccc67)c45)c4c([2H])c([2H])c([2H])c([2H])c34)c3c([2H])c([2H])c([2H])c([2H])c23)c([2H])c1[2H]. The van der Waals surface area contributed by atoms with Crippen molar-refractivity contribution >= 4 is 65.0 Å². The molecule has 1 heterocycles. The molecule has 0 amide bonds. The van der Waals surface area contributed by atoms with Crippen molar-refractivity contribution in [3.05, 3.63) is 194 Å². The highest BCUT2D eigenvalue weighted by Crippen LogP contribution is 2.48. The van der Waals surface area contributed by atoms with E-state index < -0.39 is 164 Å². The van der Waals surface area contributed by atoms with Crippen molar-refractivity contribution in [3.8, 4) is 44.5 Å². The van der Waals surface area contributed by atoms with Gasteiger partial charge in [0.1, 0.15) is 11.2 Å². The van der Waals surface area contributed by atoms with E-state index in [1.165, 1.54) is 0 Å². The van der Waals surface area contributed by atoms with Crippen molar-refractivity contribution in [3.63, 3.8) is 0 Å². The van der Waals surface area contributed by atoms with Crippen LogP contribution in [0.15, 0.2) is 198 Å². The Balaban J connectivity index is 1.37. The van der Waals surface area contributed by atoms with E-state index in [0.29, 0.717) is 16.4 Å². The quantitative estimate of drug-likeness (QED) is 0.167. The van der Waals surface area contributed by atoms with Gasteiger partial charge in [0.2, 0.25) is 0 Å². The Labute approximate surface area is 333 Å². The fourth-order valence-corrected chi connectivity index (χ4v) is 7.56. The van der Waals surface area contributed by atoms with Gasteiger partial charge in [-0.2, -0.15) is 0 Å². The first-order valence-electron chi connectivity index (χ1n) is 26.2. The Kier molecular flexibility index (Phi) is 3.69. The zero-order chi connectivity index (χ0) is 51.4. The molecule has 1 nitrogen and oxygen atoms in total. The van der Waals surface area contributed by atoms with Crippen LogP contribution in [-0.4, -0.2) is 0 Å². The van der Waals surface area contributed by atoms with E-state index in [2.05, 4.69) is 0 Å². The Morgan fingerprint density at radius 1 is 0.340 bits per heavy atom. The standard InChI is InChI=1S/C52H32O/c1-2-16-34(17-3-1)49-41-22-8-10-24-43(41)50(44-25-11-9-23-42(44)49)45-32-31-39(37-20-6-7-21-38(37)45)46-28-13-29-47-51-40(27-14-30-48(51)53-52(46)47)36-26-12-18-33-15-4-5-19-35(33)36/h1-32H/i1D,2D,3D,6D,7D,8D,9D,10D,11D,16D,17D,20D,21D,22D,23D,24D,25D,31D,32D. The van der Waals surface area contributed by atoms with Crippen molar-refractivity contribution in [1.82, 2.24) is 0 Å². The zero-order valence-corrected chi connectivity index (χ0v) is 27.4. The highest BCUT2D eigenvalue weighted by molar-refractivity contribution is 6.25. The van der Waals surface area contributed by atoms with Gasteiger partial charge in [0, 0.05) is 16.3 Å². The first-order chi connectivity index (χ1) is 34.2. The molecule has 0 saturated heterocycles. The minimum absolute atomic E-state index is 0.155. The molecule has 0 aliphatic carbocycles. The molecular weight excluding hydrogens is 641 g/mol. The van der Waals surface area contributed by atoms with E-state index in [-0.39, 0.29) is 22.1 Å². The Bertz CT molecular complexity index is 4220. The molecule has 11 aromatic rings. The van der Waals surface area contributed by atoms with Gasteiger partial charge in [0.05, 0.1) is 26.0 Å². The molecule has 53 heavy (non-hydrogen) atoms. The molecule has 11 rings (SSSR count). The summed E-state index contributed by atoms with van der Waals surface area (Å²) in [6.07, 6.45) is 0. The van der Waals surface area contributed by atoms with Crippen LogP contribution < -0.4 is 0 Å². The van der Waals surface area contributed by atoms with Gasteiger partial charge in [-0.15, -0.1) is 0 Å². The van der Waals surface area contributed by atoms with E-state index in [9.17, 15) is 11.0 Å². The molecular formula is C52H32O. The third-order valence-corrected chi connectivity index (χ3v) is 9.75. The molecule has 0 spiro atoms. The topological polar surface area (TPSA) is 13.1 Å². The van der Waals surface area contributed by atoms with Crippen LogP contribution in [0.25, 0.3) is 110 Å². The monoisotopic (exact) mass is 691 g/mol. The lowest BCUT2D eigenvalue weighted by Crippen LogP contribution is -1.92. The number of hydrogen-bond donors (Lipinski definition) is 0. The average Bonchev–Trinajstić information content (AvgIpc) is 3.78. The fourth-order valence-electron chi connectivity index (χ4n) is 7.56. The zero-order valence-electron chi connectivity index (χ0n) is 46.4. The van der Waals surface area contributed by atoms with Gasteiger partial charge in [0.25, 0.3) is 0 Å². The molecule has 0 fully saturated rings. The molecule has 0 atom stereocenters. The number of rotatable bonds is 4. The molecule has 0 aliphatic heterocycles. The molecule has 0 unspecified atom stereocenters. The van der Waals surface area contributed by atoms with Crippen LogP contribution in [0.3, 0.4) is 0 Å². The van der Waals surface area contributed by atoms with E-state index >= 15 is 0 Å². The van der Waals surface area contributed by atoms with Gasteiger partial charge < -0.3 is 4.42 Å². The maximum atomic E-state index is 10.0. The molecule has 10 aromatic carbocycles. The molecule has 0 radical (unpaired) electrons. The van der Waals surface area contributed by atoms with Crippen molar-refractivity contribution in [2.24, 2.45) is 0 Å². The minimum Gasteiger partial charge on any atom is -0.455 e. The minimum atomic E-state index is -0.874. The molecule has 0 bridgehead atoms. The fraction of sp³-hybridized carbons (Fsp3) is 0. The largest absolute Gasteiger partial charge is 0.455 e. The van der Waals surface area contributed by atoms with Gasteiger partial charge in [-0.05, 0) is 88.1 Å². The van der Waals surface area contributed by atoms with Gasteiger partial charge in [-0.1, -0.05) is 188 Å². The first kappa shape index (κ1) is 16.6. The lowest BCUT2D eigenvalue weighted by Gasteiger charge is -2.19. The third-order valence-electron chi connectivity index (χ3n) is 9.75. The number of hydrogen-bond acceptors (Lipinski definition) is 1. The Hall–Kier alpha value is -6.96. The lowest BCUT2D eigenvalue weighted by molar-refractivity contribution is 0.670. The second-order valence-electron chi connectivity index (χ2n) is 12.5. The summed E-state index contributed by atoms with van der Waals surface area (Å²) in [6.45, 7) is 0. The number of fused-ring (bicyclic) bond motifs is 7. The summed E-state index contributed by atoms with van der Waals surface area (Å²) in [5.41, 5.74) is 0.0239. The smallest absolute Gasteiger partial charge is 0.143 e. The maximum Gasteiger partial charge on any atom is 0.143 e. The molecule has 1 heteroatoms. The number of para-hydroxylation sites is 1. The molecule has 246 valence electrons. The van der Waals surface area contributed by atoms with Gasteiger partial charge in [-0.25, -0.2) is 0 Å².